The van der Waals surface area contributed by atoms with Crippen LogP contribution >= 0.6 is 0 Å². The quantitative estimate of drug-likeness (QED) is 0.835. The van der Waals surface area contributed by atoms with Gasteiger partial charge in [-0.25, -0.2) is 0 Å². The molecule has 5 rings (SSSR count). The lowest BCUT2D eigenvalue weighted by Crippen LogP contribution is -2.38. The van der Waals surface area contributed by atoms with Crippen LogP contribution in [0.2, 0.25) is 0 Å². The van der Waals surface area contributed by atoms with Crippen LogP contribution in [0, 0.1) is 0 Å². The first-order valence-corrected chi connectivity index (χ1v) is 7.28. The van der Waals surface area contributed by atoms with Crippen LogP contribution in [0.15, 0.2) is 34.7 Å². The Bertz CT molecular complexity index is 575. The van der Waals surface area contributed by atoms with E-state index in [1.807, 2.05) is 30.3 Å². The van der Waals surface area contributed by atoms with E-state index in [1.54, 1.807) is 0 Å². The van der Waals surface area contributed by atoms with Crippen LogP contribution in [0.4, 0.5) is 6.01 Å². The Kier molecular flexibility index (Phi) is 2.92. The van der Waals surface area contributed by atoms with Gasteiger partial charge in [-0.1, -0.05) is 23.3 Å². The van der Waals surface area contributed by atoms with Crippen molar-refractivity contribution in [3.05, 3.63) is 30.3 Å². The molecule has 5 heteroatoms. The van der Waals surface area contributed by atoms with Crippen molar-refractivity contribution in [1.82, 2.24) is 15.1 Å². The smallest absolute Gasteiger partial charge is 0.318 e. The number of anilines is 1. The number of aromatic nitrogens is 2. The fourth-order valence-electron chi connectivity index (χ4n) is 3.17. The maximum atomic E-state index is 5.90. The van der Waals surface area contributed by atoms with Gasteiger partial charge in [0.2, 0.25) is 5.89 Å². The fraction of sp³-hybridized carbons (Fsp3) is 0.467. The second kappa shape index (κ2) is 4.90. The molecule has 2 bridgehead atoms. The van der Waals surface area contributed by atoms with Gasteiger partial charge >= 0.3 is 6.01 Å². The Morgan fingerprint density at radius 1 is 0.950 bits per heavy atom. The summed E-state index contributed by atoms with van der Waals surface area (Å²) in [4.78, 5) is 4.82. The van der Waals surface area contributed by atoms with Crippen LogP contribution in [0.25, 0.3) is 11.5 Å². The molecule has 3 saturated heterocycles. The van der Waals surface area contributed by atoms with Crippen molar-refractivity contribution in [1.29, 1.82) is 0 Å². The van der Waals surface area contributed by atoms with Crippen molar-refractivity contribution in [2.45, 2.75) is 18.9 Å². The molecule has 1 aromatic heterocycles. The summed E-state index contributed by atoms with van der Waals surface area (Å²) in [6, 6.07) is 11.2. The zero-order valence-corrected chi connectivity index (χ0v) is 11.4. The van der Waals surface area contributed by atoms with Crippen molar-refractivity contribution in [3.63, 3.8) is 0 Å². The highest BCUT2D eigenvalue weighted by Gasteiger charge is 2.31. The molecule has 20 heavy (non-hydrogen) atoms. The lowest BCUT2D eigenvalue weighted by atomic mass is 10.1. The first-order valence-electron chi connectivity index (χ1n) is 7.28. The van der Waals surface area contributed by atoms with Crippen LogP contribution in [-0.2, 0) is 0 Å². The van der Waals surface area contributed by atoms with Crippen molar-refractivity contribution >= 4 is 6.01 Å². The predicted octanol–water partition coefficient (Wildman–Crippen LogP) is 2.02. The predicted molar refractivity (Wildman–Crippen MR) is 76.5 cm³/mol. The summed E-state index contributed by atoms with van der Waals surface area (Å²) < 4.78 is 5.90. The van der Waals surface area contributed by atoms with E-state index in [4.69, 9.17) is 4.42 Å². The minimum atomic E-state index is 0.554. The van der Waals surface area contributed by atoms with E-state index >= 15 is 0 Å². The van der Waals surface area contributed by atoms with Crippen LogP contribution in [0.1, 0.15) is 12.8 Å². The molecule has 104 valence electrons. The van der Waals surface area contributed by atoms with Crippen molar-refractivity contribution in [2.75, 3.05) is 31.1 Å². The first kappa shape index (κ1) is 11.9. The van der Waals surface area contributed by atoms with E-state index in [1.165, 1.54) is 25.9 Å². The average Bonchev–Trinajstić information content (AvgIpc) is 2.81. The van der Waals surface area contributed by atoms with E-state index in [0.717, 1.165) is 18.7 Å². The van der Waals surface area contributed by atoms with Crippen molar-refractivity contribution in [2.24, 2.45) is 0 Å². The van der Waals surface area contributed by atoms with E-state index in [9.17, 15) is 0 Å². The number of piperidine rings is 1. The van der Waals surface area contributed by atoms with E-state index in [0.29, 0.717) is 17.9 Å². The highest BCUT2D eigenvalue weighted by Crippen LogP contribution is 2.28. The Hall–Kier alpha value is -1.88. The normalized spacial score (nSPS) is 25.7. The molecule has 0 unspecified atom stereocenters. The molecular formula is C15H18N4O. The molecule has 0 atom stereocenters. The Balaban J connectivity index is 1.61. The molecule has 2 aromatic rings. The monoisotopic (exact) mass is 270 g/mol. The average molecular weight is 270 g/mol. The third-order valence-corrected chi connectivity index (χ3v) is 4.34. The fourth-order valence-corrected chi connectivity index (χ4v) is 3.17. The topological polar surface area (TPSA) is 45.4 Å². The maximum Gasteiger partial charge on any atom is 0.318 e. The van der Waals surface area contributed by atoms with Gasteiger partial charge in [0.25, 0.3) is 0 Å². The summed E-state index contributed by atoms with van der Waals surface area (Å²) in [7, 11) is 0. The molecule has 5 nitrogen and oxygen atoms in total. The lowest BCUT2D eigenvalue weighted by molar-refractivity contribution is 0.249. The largest absolute Gasteiger partial charge is 0.403 e. The second-order valence-electron chi connectivity index (χ2n) is 5.52. The van der Waals surface area contributed by atoms with Gasteiger partial charge in [0.1, 0.15) is 0 Å². The summed E-state index contributed by atoms with van der Waals surface area (Å²) in [6.07, 6.45) is 2.39. The third-order valence-electron chi connectivity index (χ3n) is 4.34. The number of fused-ring (bicyclic) bond motifs is 4. The van der Waals surface area contributed by atoms with Crippen LogP contribution < -0.4 is 4.90 Å². The Labute approximate surface area is 118 Å². The molecule has 3 fully saturated rings. The molecule has 0 saturated carbocycles. The molecule has 1 aromatic carbocycles. The molecule has 0 amide bonds. The van der Waals surface area contributed by atoms with Gasteiger partial charge in [-0.3, -0.25) is 0 Å². The van der Waals surface area contributed by atoms with Gasteiger partial charge < -0.3 is 14.2 Å². The van der Waals surface area contributed by atoms with Crippen LogP contribution in [-0.4, -0.2) is 47.3 Å². The Morgan fingerprint density at radius 2 is 1.75 bits per heavy atom. The molecule has 0 aliphatic carbocycles. The van der Waals surface area contributed by atoms with E-state index in [-0.39, 0.29) is 0 Å². The molecule has 0 radical (unpaired) electrons. The van der Waals surface area contributed by atoms with Gasteiger partial charge in [0.15, 0.2) is 0 Å². The van der Waals surface area contributed by atoms with Gasteiger partial charge in [-0.05, 0) is 25.0 Å². The standard InChI is InChI=1S/C15H18N4O/c1-2-4-12(5-3-1)14-16-17-15(20-14)19-11-10-18-8-6-13(19)7-9-18/h1-5,13H,6-11H2. The molecular weight excluding hydrogens is 252 g/mol. The number of benzene rings is 1. The maximum absolute atomic E-state index is 5.90. The van der Waals surface area contributed by atoms with Crippen LogP contribution in [0.3, 0.4) is 0 Å². The first-order chi connectivity index (χ1) is 9.90. The number of rotatable bonds is 2. The molecule has 0 spiro atoms. The highest BCUT2D eigenvalue weighted by molar-refractivity contribution is 5.53. The molecule has 3 aliphatic rings. The third kappa shape index (κ3) is 2.08. The summed E-state index contributed by atoms with van der Waals surface area (Å²) in [5, 5.41) is 8.47. The van der Waals surface area contributed by atoms with Gasteiger partial charge in [0.05, 0.1) is 0 Å². The second-order valence-corrected chi connectivity index (χ2v) is 5.52. The molecule has 3 aliphatic heterocycles. The molecule has 0 N–H and O–H groups in total. The highest BCUT2D eigenvalue weighted by atomic mass is 16.4. The number of hydrogen-bond acceptors (Lipinski definition) is 5. The van der Waals surface area contributed by atoms with E-state index < -0.39 is 0 Å². The van der Waals surface area contributed by atoms with Crippen molar-refractivity contribution < 1.29 is 4.42 Å². The SMILES string of the molecule is c1ccc(-c2nnc(N3CCN4CCC3CC4)o2)cc1. The van der Waals surface area contributed by atoms with Gasteiger partial charge in [-0.15, -0.1) is 5.10 Å². The minimum Gasteiger partial charge on any atom is -0.403 e. The zero-order chi connectivity index (χ0) is 13.4. The van der Waals surface area contributed by atoms with Crippen LogP contribution in [0.5, 0.6) is 0 Å². The van der Waals surface area contributed by atoms with Crippen molar-refractivity contribution in [3.8, 4) is 11.5 Å². The summed E-state index contributed by atoms with van der Waals surface area (Å²) in [6.45, 7) is 4.47. The summed E-state index contributed by atoms with van der Waals surface area (Å²) in [5.74, 6) is 0.611. The van der Waals surface area contributed by atoms with Gasteiger partial charge in [-0.2, -0.15) is 0 Å². The minimum absolute atomic E-state index is 0.554. The zero-order valence-electron chi connectivity index (χ0n) is 11.4. The molecule has 4 heterocycles. The van der Waals surface area contributed by atoms with Gasteiger partial charge in [0, 0.05) is 37.8 Å². The Morgan fingerprint density at radius 3 is 2.55 bits per heavy atom. The number of nitrogens with zero attached hydrogens (tertiary/aromatic N) is 4. The summed E-state index contributed by atoms with van der Waals surface area (Å²) >= 11 is 0. The lowest BCUT2D eigenvalue weighted by Gasteiger charge is -2.29. The number of hydrogen-bond donors (Lipinski definition) is 0. The summed E-state index contributed by atoms with van der Waals surface area (Å²) in [5.41, 5.74) is 0.981. The van der Waals surface area contributed by atoms with E-state index in [2.05, 4.69) is 20.0 Å².